The van der Waals surface area contributed by atoms with E-state index in [1.54, 1.807) is 11.8 Å². The third kappa shape index (κ3) is 5.04. The molecule has 3 aromatic rings. The third-order valence-electron chi connectivity index (χ3n) is 5.91. The molecule has 6 nitrogen and oxygen atoms in total. The zero-order chi connectivity index (χ0) is 24.5. The molecule has 1 atom stereocenters. The van der Waals surface area contributed by atoms with Gasteiger partial charge in [-0.15, -0.1) is 5.10 Å². The normalized spacial score (nSPS) is 15.6. The summed E-state index contributed by atoms with van der Waals surface area (Å²) >= 11 is 1.63. The molecule has 0 saturated heterocycles. The van der Waals surface area contributed by atoms with E-state index in [0.717, 1.165) is 34.7 Å². The van der Waals surface area contributed by atoms with E-state index < -0.39 is 0 Å². The first kappa shape index (κ1) is 24.1. The lowest BCUT2D eigenvalue weighted by Crippen LogP contribution is -2.31. The van der Waals surface area contributed by atoms with Gasteiger partial charge >= 0.3 is 0 Å². The summed E-state index contributed by atoms with van der Waals surface area (Å²) in [5.74, 6) is 1.46. The molecular weight excluding hydrogens is 442 g/mol. The Kier molecular flexibility index (Phi) is 6.84. The Morgan fingerprint density at radius 1 is 1.09 bits per heavy atom. The van der Waals surface area contributed by atoms with Crippen LogP contribution in [0, 0.1) is 6.92 Å². The molecule has 1 aliphatic heterocycles. The summed E-state index contributed by atoms with van der Waals surface area (Å²) in [5, 5.41) is 11.9. The largest absolute Gasteiger partial charge is 0.328 e. The molecule has 1 unspecified atom stereocenters. The first-order valence-corrected chi connectivity index (χ1v) is 12.7. The van der Waals surface area contributed by atoms with Gasteiger partial charge in [-0.1, -0.05) is 81.4 Å². The summed E-state index contributed by atoms with van der Waals surface area (Å²) in [6, 6.07) is 16.0. The molecule has 4 rings (SSSR count). The number of aryl methyl sites for hydroxylation is 1. The average Bonchev–Trinajstić information content (AvgIpc) is 3.20. The Balaban J connectivity index is 1.75. The van der Waals surface area contributed by atoms with E-state index in [-0.39, 0.29) is 17.4 Å². The average molecular weight is 476 g/mol. The number of anilines is 2. The topological polar surface area (TPSA) is 71.8 Å². The molecule has 0 fully saturated rings. The Morgan fingerprint density at radius 2 is 1.76 bits per heavy atom. The van der Waals surface area contributed by atoms with Crippen molar-refractivity contribution < 1.29 is 4.79 Å². The molecule has 1 aromatic heterocycles. The number of amides is 1. The number of nitrogens with zero attached hydrogens (tertiary/aromatic N) is 3. The highest BCUT2D eigenvalue weighted by Gasteiger charge is 2.34. The predicted molar refractivity (Wildman–Crippen MR) is 140 cm³/mol. The maximum atomic E-state index is 13.6. The lowest BCUT2D eigenvalue weighted by Gasteiger charge is -2.29. The molecule has 0 spiro atoms. The van der Waals surface area contributed by atoms with Crippen molar-refractivity contribution in [3.8, 4) is 0 Å². The van der Waals surface area contributed by atoms with E-state index in [1.165, 1.54) is 5.56 Å². The number of hydrogen-bond acceptors (Lipinski definition) is 5. The van der Waals surface area contributed by atoms with Crippen LogP contribution in [0.15, 0.2) is 65.0 Å². The van der Waals surface area contributed by atoms with Gasteiger partial charge in [-0.05, 0) is 48.9 Å². The van der Waals surface area contributed by atoms with Crippen molar-refractivity contribution in [3.05, 3.63) is 76.5 Å². The third-order valence-corrected chi connectivity index (χ3v) is 6.96. The quantitative estimate of drug-likeness (QED) is 0.409. The SMILES string of the molecule is CCCSc1nc2n(n1)C(c1ccc(C(C)(C)C)cc1)C(C(=O)Nc1ccc(C)cc1)=C(C)N2. The first-order chi connectivity index (χ1) is 16.2. The Bertz CT molecular complexity index is 1200. The van der Waals surface area contributed by atoms with Gasteiger partial charge in [0, 0.05) is 17.1 Å². The highest BCUT2D eigenvalue weighted by molar-refractivity contribution is 7.99. The Morgan fingerprint density at radius 3 is 2.38 bits per heavy atom. The minimum absolute atomic E-state index is 0.0480. The van der Waals surface area contributed by atoms with Crippen LogP contribution in [0.2, 0.25) is 0 Å². The zero-order valence-corrected chi connectivity index (χ0v) is 21.6. The minimum Gasteiger partial charge on any atom is -0.328 e. The summed E-state index contributed by atoms with van der Waals surface area (Å²) in [4.78, 5) is 18.3. The molecule has 2 aromatic carbocycles. The van der Waals surface area contributed by atoms with Crippen LogP contribution < -0.4 is 10.6 Å². The van der Waals surface area contributed by atoms with Gasteiger partial charge < -0.3 is 10.6 Å². The molecule has 0 bridgehead atoms. The number of allylic oxidation sites excluding steroid dienone is 1. The second-order valence-electron chi connectivity index (χ2n) is 9.77. The molecule has 0 saturated carbocycles. The fourth-order valence-corrected chi connectivity index (χ4v) is 4.67. The fourth-order valence-electron chi connectivity index (χ4n) is 3.99. The lowest BCUT2D eigenvalue weighted by molar-refractivity contribution is -0.113. The number of carbonyl (C=O) groups is 1. The Hall–Kier alpha value is -3.06. The number of fused-ring (bicyclic) bond motifs is 1. The van der Waals surface area contributed by atoms with Crippen molar-refractivity contribution in [1.82, 2.24) is 14.8 Å². The van der Waals surface area contributed by atoms with E-state index in [1.807, 2.05) is 42.8 Å². The number of hydrogen-bond donors (Lipinski definition) is 2. The van der Waals surface area contributed by atoms with Crippen LogP contribution in [0.3, 0.4) is 0 Å². The van der Waals surface area contributed by atoms with Crippen molar-refractivity contribution >= 4 is 29.3 Å². The summed E-state index contributed by atoms with van der Waals surface area (Å²) in [6.45, 7) is 12.7. The predicted octanol–water partition coefficient (Wildman–Crippen LogP) is 6.31. The molecule has 0 radical (unpaired) electrons. The highest BCUT2D eigenvalue weighted by Crippen LogP contribution is 2.37. The van der Waals surface area contributed by atoms with Crippen molar-refractivity contribution in [3.63, 3.8) is 0 Å². The van der Waals surface area contributed by atoms with Gasteiger partial charge in [-0.2, -0.15) is 4.98 Å². The molecule has 34 heavy (non-hydrogen) atoms. The van der Waals surface area contributed by atoms with E-state index in [4.69, 9.17) is 10.1 Å². The molecule has 1 amide bonds. The molecular formula is C27H33N5OS. The van der Waals surface area contributed by atoms with Crippen LogP contribution in [-0.2, 0) is 10.2 Å². The van der Waals surface area contributed by atoms with Crippen molar-refractivity contribution in [2.24, 2.45) is 0 Å². The molecule has 0 aliphatic carbocycles. The van der Waals surface area contributed by atoms with E-state index >= 15 is 0 Å². The smallest absolute Gasteiger partial charge is 0.255 e. The fraction of sp³-hybridized carbons (Fsp3) is 0.370. The van der Waals surface area contributed by atoms with Gasteiger partial charge in [0.2, 0.25) is 11.1 Å². The van der Waals surface area contributed by atoms with E-state index in [0.29, 0.717) is 16.7 Å². The van der Waals surface area contributed by atoms with Crippen LogP contribution in [0.5, 0.6) is 0 Å². The second kappa shape index (κ2) is 9.66. The van der Waals surface area contributed by atoms with Gasteiger partial charge in [0.15, 0.2) is 0 Å². The molecule has 2 heterocycles. The van der Waals surface area contributed by atoms with Gasteiger partial charge in [-0.3, -0.25) is 4.79 Å². The number of carbonyl (C=O) groups excluding carboxylic acids is 1. The maximum Gasteiger partial charge on any atom is 0.255 e. The number of nitrogens with one attached hydrogen (secondary N) is 2. The summed E-state index contributed by atoms with van der Waals surface area (Å²) in [6.07, 6.45) is 1.04. The highest BCUT2D eigenvalue weighted by atomic mass is 32.2. The van der Waals surface area contributed by atoms with Crippen LogP contribution in [-0.4, -0.2) is 26.4 Å². The Labute approximate surface area is 206 Å². The first-order valence-electron chi connectivity index (χ1n) is 11.7. The summed E-state index contributed by atoms with van der Waals surface area (Å²) < 4.78 is 1.85. The van der Waals surface area contributed by atoms with Gasteiger partial charge in [0.05, 0.1) is 5.57 Å². The number of aromatic nitrogens is 3. The summed E-state index contributed by atoms with van der Waals surface area (Å²) in [5.41, 5.74) is 5.62. The standard InChI is InChI=1S/C27H33N5OS/c1-7-16-34-26-30-25-28-18(3)22(24(33)29-21-14-8-17(2)9-15-21)23(32(25)31-26)19-10-12-20(13-11-19)27(4,5)6/h8-15,23H,7,16H2,1-6H3,(H,29,33)(H,28,30,31). The van der Waals surface area contributed by atoms with Crippen molar-refractivity contribution in [2.75, 3.05) is 16.4 Å². The van der Waals surface area contributed by atoms with Crippen LogP contribution in [0.4, 0.5) is 11.6 Å². The number of rotatable bonds is 6. The number of benzene rings is 2. The van der Waals surface area contributed by atoms with Crippen LogP contribution in [0.25, 0.3) is 0 Å². The molecule has 2 N–H and O–H groups in total. The van der Waals surface area contributed by atoms with Gasteiger partial charge in [0.25, 0.3) is 5.91 Å². The van der Waals surface area contributed by atoms with Crippen molar-refractivity contribution in [1.29, 1.82) is 0 Å². The lowest BCUT2D eigenvalue weighted by atomic mass is 9.85. The minimum atomic E-state index is -0.376. The zero-order valence-electron chi connectivity index (χ0n) is 20.8. The molecule has 7 heteroatoms. The second-order valence-corrected chi connectivity index (χ2v) is 10.8. The maximum absolute atomic E-state index is 13.6. The van der Waals surface area contributed by atoms with E-state index in [9.17, 15) is 4.79 Å². The molecule has 178 valence electrons. The summed E-state index contributed by atoms with van der Waals surface area (Å²) in [7, 11) is 0. The van der Waals surface area contributed by atoms with E-state index in [2.05, 4.69) is 62.6 Å². The van der Waals surface area contributed by atoms with Crippen molar-refractivity contribution in [2.45, 2.75) is 64.6 Å². The molecule has 1 aliphatic rings. The monoisotopic (exact) mass is 475 g/mol. The van der Waals surface area contributed by atoms with Crippen LogP contribution >= 0.6 is 11.8 Å². The van der Waals surface area contributed by atoms with Crippen LogP contribution in [0.1, 0.15) is 63.8 Å². The number of thioether (sulfide) groups is 1. The van der Waals surface area contributed by atoms with Gasteiger partial charge in [0.1, 0.15) is 6.04 Å². The van der Waals surface area contributed by atoms with Gasteiger partial charge in [-0.25, -0.2) is 4.68 Å².